The van der Waals surface area contributed by atoms with Crippen molar-refractivity contribution >= 4 is 7.60 Å². The van der Waals surface area contributed by atoms with E-state index in [0.717, 1.165) is 17.5 Å². The first-order valence-corrected chi connectivity index (χ1v) is 7.08. The first-order chi connectivity index (χ1) is 7.17. The molecule has 16 heavy (non-hydrogen) atoms. The molecule has 1 aromatic rings. The summed E-state index contributed by atoms with van der Waals surface area (Å²) in [6.07, 6.45) is 0.655. The number of hydrogen-bond donors (Lipinski definition) is 2. The minimum atomic E-state index is -3.98. The molecule has 0 amide bonds. The molecule has 0 fully saturated rings. The molecule has 0 unspecified atom stereocenters. The summed E-state index contributed by atoms with van der Waals surface area (Å²) in [5, 5.41) is 0. The zero-order valence-corrected chi connectivity index (χ0v) is 10.9. The molecule has 0 aliphatic rings. The van der Waals surface area contributed by atoms with Crippen LogP contribution in [0.25, 0.3) is 0 Å². The van der Waals surface area contributed by atoms with E-state index in [9.17, 15) is 4.57 Å². The van der Waals surface area contributed by atoms with Gasteiger partial charge in [-0.05, 0) is 23.0 Å². The lowest BCUT2D eigenvalue weighted by Crippen LogP contribution is -2.11. The third kappa shape index (κ3) is 4.93. The Morgan fingerprint density at radius 2 is 1.62 bits per heavy atom. The molecule has 4 heteroatoms. The molecule has 0 aromatic heterocycles. The zero-order chi connectivity index (χ0) is 12.4. The Hall–Kier alpha value is -0.630. The van der Waals surface area contributed by atoms with Gasteiger partial charge in [0, 0.05) is 0 Å². The van der Waals surface area contributed by atoms with Crippen LogP contribution in [0.15, 0.2) is 24.3 Å². The van der Waals surface area contributed by atoms with E-state index in [-0.39, 0.29) is 11.6 Å². The van der Waals surface area contributed by atoms with Crippen molar-refractivity contribution < 1.29 is 14.4 Å². The molecule has 1 rings (SSSR count). The number of hydrogen-bond acceptors (Lipinski definition) is 1. The SMILES string of the molecule is CC(C)(C)Cc1ccccc1CP(=O)(O)O. The summed E-state index contributed by atoms with van der Waals surface area (Å²) in [7, 11) is -3.98. The summed E-state index contributed by atoms with van der Waals surface area (Å²) in [4.78, 5) is 18.0. The van der Waals surface area contributed by atoms with Gasteiger partial charge in [-0.3, -0.25) is 4.57 Å². The third-order valence-corrected chi connectivity index (χ3v) is 2.97. The van der Waals surface area contributed by atoms with Crippen LogP contribution in [0.5, 0.6) is 0 Å². The van der Waals surface area contributed by atoms with Gasteiger partial charge in [0.15, 0.2) is 0 Å². The maximum atomic E-state index is 11.0. The lowest BCUT2D eigenvalue weighted by atomic mass is 9.86. The summed E-state index contributed by atoms with van der Waals surface area (Å²) < 4.78 is 11.0. The van der Waals surface area contributed by atoms with Crippen molar-refractivity contribution in [2.75, 3.05) is 0 Å². The average molecular weight is 242 g/mol. The van der Waals surface area contributed by atoms with E-state index < -0.39 is 7.60 Å². The fraction of sp³-hybridized carbons (Fsp3) is 0.500. The van der Waals surface area contributed by atoms with Gasteiger partial charge in [0.25, 0.3) is 0 Å². The zero-order valence-electron chi connectivity index (χ0n) is 9.97. The summed E-state index contributed by atoms with van der Waals surface area (Å²) in [5.41, 5.74) is 1.90. The second-order valence-corrected chi connectivity index (χ2v) is 6.97. The highest BCUT2D eigenvalue weighted by Gasteiger charge is 2.19. The van der Waals surface area contributed by atoms with Gasteiger partial charge in [0.1, 0.15) is 0 Å². The predicted octanol–water partition coefficient (Wildman–Crippen LogP) is 2.95. The highest BCUT2D eigenvalue weighted by Crippen LogP contribution is 2.40. The second kappa shape index (κ2) is 4.70. The van der Waals surface area contributed by atoms with Gasteiger partial charge in [-0.2, -0.15) is 0 Å². The van der Waals surface area contributed by atoms with Crippen LogP contribution >= 0.6 is 7.60 Å². The van der Waals surface area contributed by atoms with Crippen molar-refractivity contribution in [2.45, 2.75) is 33.4 Å². The Morgan fingerprint density at radius 3 is 2.06 bits per heavy atom. The van der Waals surface area contributed by atoms with E-state index in [4.69, 9.17) is 9.79 Å². The maximum Gasteiger partial charge on any atom is 0.329 e. The molecule has 0 atom stereocenters. The van der Waals surface area contributed by atoms with Crippen LogP contribution in [0.4, 0.5) is 0 Å². The first-order valence-electron chi connectivity index (χ1n) is 5.29. The Morgan fingerprint density at radius 1 is 1.12 bits per heavy atom. The summed E-state index contributed by atoms with van der Waals surface area (Å²) in [6, 6.07) is 7.46. The summed E-state index contributed by atoms with van der Waals surface area (Å²) in [5.74, 6) is 0. The Bertz CT molecular complexity index is 401. The van der Waals surface area contributed by atoms with E-state index in [0.29, 0.717) is 0 Å². The van der Waals surface area contributed by atoms with Crippen molar-refractivity contribution in [3.05, 3.63) is 35.4 Å². The molecule has 3 nitrogen and oxygen atoms in total. The van der Waals surface area contributed by atoms with Crippen LogP contribution in [-0.2, 0) is 17.1 Å². The lowest BCUT2D eigenvalue weighted by Gasteiger charge is -2.20. The first kappa shape index (κ1) is 13.4. The van der Waals surface area contributed by atoms with Crippen molar-refractivity contribution in [3.63, 3.8) is 0 Å². The molecule has 0 aliphatic carbocycles. The van der Waals surface area contributed by atoms with Crippen LogP contribution in [0.1, 0.15) is 31.9 Å². The minimum absolute atomic E-state index is 0.116. The third-order valence-electron chi connectivity index (χ3n) is 2.22. The Kier molecular flexibility index (Phi) is 3.95. The average Bonchev–Trinajstić information content (AvgIpc) is 2.03. The standard InChI is InChI=1S/C12H19O3P/c1-12(2,3)8-10-6-4-5-7-11(10)9-16(13,14)15/h4-7H,8-9H2,1-3H3,(H2,13,14,15). The van der Waals surface area contributed by atoms with Crippen LogP contribution < -0.4 is 0 Å². The molecule has 0 heterocycles. The van der Waals surface area contributed by atoms with Gasteiger partial charge < -0.3 is 9.79 Å². The van der Waals surface area contributed by atoms with Gasteiger partial charge in [0.05, 0.1) is 6.16 Å². The fourth-order valence-electron chi connectivity index (χ4n) is 1.68. The molecule has 0 bridgehead atoms. The molecular formula is C12H19O3P. The van der Waals surface area contributed by atoms with Gasteiger partial charge in [0.2, 0.25) is 0 Å². The number of benzene rings is 1. The monoisotopic (exact) mass is 242 g/mol. The Labute approximate surface area is 96.7 Å². The molecule has 0 spiro atoms. The van der Waals surface area contributed by atoms with Crippen molar-refractivity contribution in [3.8, 4) is 0 Å². The second-order valence-electron chi connectivity index (χ2n) is 5.33. The van der Waals surface area contributed by atoms with E-state index in [1.165, 1.54) is 0 Å². The summed E-state index contributed by atoms with van der Waals surface area (Å²) in [6.45, 7) is 6.34. The van der Waals surface area contributed by atoms with Crippen LogP contribution in [0.3, 0.4) is 0 Å². The van der Waals surface area contributed by atoms with Crippen LogP contribution in [0, 0.1) is 5.41 Å². The Balaban J connectivity index is 2.97. The van der Waals surface area contributed by atoms with Crippen LogP contribution in [0.2, 0.25) is 0 Å². The normalized spacial score (nSPS) is 12.8. The van der Waals surface area contributed by atoms with E-state index in [2.05, 4.69) is 20.8 Å². The molecule has 0 saturated heterocycles. The molecule has 1 aromatic carbocycles. The van der Waals surface area contributed by atoms with Gasteiger partial charge >= 0.3 is 7.60 Å². The van der Waals surface area contributed by atoms with Crippen molar-refractivity contribution in [2.24, 2.45) is 5.41 Å². The molecule has 0 saturated carbocycles. The fourth-order valence-corrected chi connectivity index (χ4v) is 2.43. The van der Waals surface area contributed by atoms with Gasteiger partial charge in [-0.1, -0.05) is 45.0 Å². The topological polar surface area (TPSA) is 57.5 Å². The van der Waals surface area contributed by atoms with E-state index in [1.54, 1.807) is 6.07 Å². The molecule has 0 aliphatic heterocycles. The van der Waals surface area contributed by atoms with E-state index >= 15 is 0 Å². The molecule has 2 N–H and O–H groups in total. The summed E-state index contributed by atoms with van der Waals surface area (Å²) >= 11 is 0. The van der Waals surface area contributed by atoms with Crippen molar-refractivity contribution in [1.82, 2.24) is 0 Å². The van der Waals surface area contributed by atoms with Gasteiger partial charge in [-0.15, -0.1) is 0 Å². The molecule has 0 radical (unpaired) electrons. The largest absolute Gasteiger partial charge is 0.329 e. The van der Waals surface area contributed by atoms with Crippen LogP contribution in [-0.4, -0.2) is 9.79 Å². The smallest absolute Gasteiger partial charge is 0.324 e. The quantitative estimate of drug-likeness (QED) is 0.801. The molecule has 90 valence electrons. The molecular weight excluding hydrogens is 223 g/mol. The predicted molar refractivity (Wildman–Crippen MR) is 65.3 cm³/mol. The highest BCUT2D eigenvalue weighted by molar-refractivity contribution is 7.50. The number of rotatable bonds is 3. The van der Waals surface area contributed by atoms with Gasteiger partial charge in [-0.25, -0.2) is 0 Å². The minimum Gasteiger partial charge on any atom is -0.324 e. The lowest BCUT2D eigenvalue weighted by molar-refractivity contribution is 0.370. The maximum absolute atomic E-state index is 11.0. The highest BCUT2D eigenvalue weighted by atomic mass is 31.2. The van der Waals surface area contributed by atoms with Crippen molar-refractivity contribution in [1.29, 1.82) is 0 Å². The van der Waals surface area contributed by atoms with E-state index in [1.807, 2.05) is 18.2 Å².